The highest BCUT2D eigenvalue weighted by molar-refractivity contribution is 6.35. The normalized spacial score (nSPS) is 12.0. The maximum Gasteiger partial charge on any atom is 0.279 e. The monoisotopic (exact) mass is 355 g/mol. The number of aryl methyl sites for hydroxylation is 1. The molecule has 6 heteroatoms. The van der Waals surface area contributed by atoms with Crippen LogP contribution in [0.25, 0.3) is 0 Å². The van der Waals surface area contributed by atoms with Gasteiger partial charge in [0, 0.05) is 11.3 Å². The maximum atomic E-state index is 13.6. The predicted molar refractivity (Wildman–Crippen MR) is 91.4 cm³/mol. The molecule has 0 aliphatic rings. The van der Waals surface area contributed by atoms with Gasteiger partial charge in [-0.1, -0.05) is 41.4 Å². The third-order valence-electron chi connectivity index (χ3n) is 3.61. The zero-order chi connectivity index (χ0) is 17.0. The topological polar surface area (TPSA) is 45.7 Å². The van der Waals surface area contributed by atoms with Crippen molar-refractivity contribution in [3.63, 3.8) is 0 Å². The lowest BCUT2D eigenvalue weighted by Crippen LogP contribution is -2.86. The number of carbonyl (C=O) groups is 1. The van der Waals surface area contributed by atoms with Gasteiger partial charge in [0.15, 0.2) is 6.54 Å². The summed E-state index contributed by atoms with van der Waals surface area (Å²) in [5.74, 6) is -0.646. The number of carbonyl (C=O) groups excluding carboxylic acids is 1. The van der Waals surface area contributed by atoms with Gasteiger partial charge in [-0.25, -0.2) is 4.39 Å². The van der Waals surface area contributed by atoms with E-state index in [-0.39, 0.29) is 23.5 Å². The van der Waals surface area contributed by atoms with E-state index in [2.05, 4.69) is 5.32 Å². The Kier molecular flexibility index (Phi) is 5.99. The largest absolute Gasteiger partial charge is 0.332 e. The molecule has 0 spiro atoms. The molecule has 0 aliphatic heterocycles. The molecule has 2 aromatic rings. The van der Waals surface area contributed by atoms with E-state index in [1.54, 1.807) is 5.32 Å². The summed E-state index contributed by atoms with van der Waals surface area (Å²) in [6.07, 6.45) is 0. The third kappa shape index (κ3) is 4.67. The van der Waals surface area contributed by atoms with Crippen molar-refractivity contribution in [1.82, 2.24) is 0 Å². The highest BCUT2D eigenvalue weighted by Crippen LogP contribution is 2.27. The Balaban J connectivity index is 1.96. The Morgan fingerprint density at radius 1 is 1.26 bits per heavy atom. The lowest BCUT2D eigenvalue weighted by Gasteiger charge is -2.14. The Bertz CT molecular complexity index is 722. The second-order valence-electron chi connectivity index (χ2n) is 5.38. The fourth-order valence-electron chi connectivity index (χ4n) is 2.21. The second kappa shape index (κ2) is 7.77. The molecule has 1 atom stereocenters. The first-order valence-electron chi connectivity index (χ1n) is 7.21. The molecule has 2 rings (SSSR count). The summed E-state index contributed by atoms with van der Waals surface area (Å²) in [6.45, 7) is 3.99. The Morgan fingerprint density at radius 3 is 2.65 bits per heavy atom. The minimum atomic E-state index is -0.518. The van der Waals surface area contributed by atoms with E-state index >= 15 is 0 Å². The predicted octanol–water partition coefficient (Wildman–Crippen LogP) is 3.70. The molecule has 23 heavy (non-hydrogen) atoms. The van der Waals surface area contributed by atoms with Crippen molar-refractivity contribution in [2.45, 2.75) is 19.9 Å². The molecular weight excluding hydrogens is 338 g/mol. The molecule has 0 bridgehead atoms. The molecule has 0 saturated heterocycles. The maximum absolute atomic E-state index is 13.6. The number of anilines is 1. The standard InChI is InChI=1S/C17H17Cl2FN2O/c1-10-5-3-4-6-16(10)22-17(23)9-21-11(2)12-7-15(20)14(19)8-13(12)18/h3-8,11,21H,9H2,1-2H3,(H,22,23)/p+1/t11-/m1/s1. The van der Waals surface area contributed by atoms with E-state index in [4.69, 9.17) is 23.2 Å². The Hall–Kier alpha value is -1.62. The van der Waals surface area contributed by atoms with Crippen molar-refractivity contribution >= 4 is 34.8 Å². The van der Waals surface area contributed by atoms with Crippen molar-refractivity contribution in [1.29, 1.82) is 0 Å². The SMILES string of the molecule is Cc1ccccc1NC(=O)C[NH2+][C@H](C)c1cc(F)c(Cl)cc1Cl. The van der Waals surface area contributed by atoms with Crippen LogP contribution in [-0.4, -0.2) is 12.5 Å². The van der Waals surface area contributed by atoms with Gasteiger partial charge in [0.2, 0.25) is 0 Å². The van der Waals surface area contributed by atoms with E-state index in [9.17, 15) is 9.18 Å². The van der Waals surface area contributed by atoms with Gasteiger partial charge in [-0.2, -0.15) is 0 Å². The third-order valence-corrected chi connectivity index (χ3v) is 4.22. The summed E-state index contributed by atoms with van der Waals surface area (Å²) in [7, 11) is 0. The number of halogens is 3. The molecule has 0 aliphatic carbocycles. The number of nitrogens with two attached hydrogens (primary N) is 1. The van der Waals surface area contributed by atoms with E-state index in [1.165, 1.54) is 12.1 Å². The number of hydrogen-bond acceptors (Lipinski definition) is 1. The fourth-order valence-corrected chi connectivity index (χ4v) is 2.77. The lowest BCUT2D eigenvalue weighted by atomic mass is 10.1. The zero-order valence-corrected chi connectivity index (χ0v) is 14.4. The number of para-hydroxylation sites is 1. The second-order valence-corrected chi connectivity index (χ2v) is 6.19. The number of quaternary nitrogens is 1. The number of benzene rings is 2. The quantitative estimate of drug-likeness (QED) is 0.789. The summed E-state index contributed by atoms with van der Waals surface area (Å²) >= 11 is 11.8. The zero-order valence-electron chi connectivity index (χ0n) is 12.9. The first-order chi connectivity index (χ1) is 10.9. The van der Waals surface area contributed by atoms with Crippen LogP contribution in [0, 0.1) is 12.7 Å². The molecule has 122 valence electrons. The highest BCUT2D eigenvalue weighted by atomic mass is 35.5. The fraction of sp³-hybridized carbons (Fsp3) is 0.235. The average molecular weight is 356 g/mol. The smallest absolute Gasteiger partial charge is 0.279 e. The van der Waals surface area contributed by atoms with Gasteiger partial charge >= 0.3 is 0 Å². The Morgan fingerprint density at radius 2 is 1.96 bits per heavy atom. The number of amides is 1. The lowest BCUT2D eigenvalue weighted by molar-refractivity contribution is -0.682. The van der Waals surface area contributed by atoms with Gasteiger partial charge in [-0.05, 0) is 37.6 Å². The van der Waals surface area contributed by atoms with Crippen molar-refractivity contribution < 1.29 is 14.5 Å². The van der Waals surface area contributed by atoms with Crippen LogP contribution in [0.1, 0.15) is 24.1 Å². The van der Waals surface area contributed by atoms with Crippen LogP contribution in [0.5, 0.6) is 0 Å². The molecule has 0 aromatic heterocycles. The summed E-state index contributed by atoms with van der Waals surface area (Å²) < 4.78 is 13.6. The van der Waals surface area contributed by atoms with Crippen LogP contribution >= 0.6 is 23.2 Å². The molecule has 1 amide bonds. The molecule has 0 radical (unpaired) electrons. The van der Waals surface area contributed by atoms with Gasteiger partial charge in [0.05, 0.1) is 10.0 Å². The van der Waals surface area contributed by atoms with E-state index < -0.39 is 5.82 Å². The number of rotatable bonds is 5. The molecule has 0 saturated carbocycles. The molecule has 0 fully saturated rings. The first-order valence-corrected chi connectivity index (χ1v) is 7.97. The van der Waals surface area contributed by atoms with Crippen LogP contribution in [0.15, 0.2) is 36.4 Å². The van der Waals surface area contributed by atoms with Crippen LogP contribution < -0.4 is 10.6 Å². The van der Waals surface area contributed by atoms with E-state index in [1.807, 2.05) is 38.1 Å². The van der Waals surface area contributed by atoms with Gasteiger partial charge in [-0.3, -0.25) is 4.79 Å². The summed E-state index contributed by atoms with van der Waals surface area (Å²) in [5.41, 5.74) is 2.39. The van der Waals surface area contributed by atoms with E-state index in [0.717, 1.165) is 11.3 Å². The Labute approximate surface area is 144 Å². The molecule has 0 unspecified atom stereocenters. The minimum absolute atomic E-state index is 0.0109. The van der Waals surface area contributed by atoms with Crippen molar-refractivity contribution in [2.24, 2.45) is 0 Å². The van der Waals surface area contributed by atoms with Gasteiger partial charge in [0.1, 0.15) is 11.9 Å². The molecule has 3 N–H and O–H groups in total. The first kappa shape index (κ1) is 17.7. The molecule has 0 heterocycles. The van der Waals surface area contributed by atoms with Crippen molar-refractivity contribution in [3.05, 3.63) is 63.4 Å². The summed E-state index contributed by atoms with van der Waals surface area (Å²) in [4.78, 5) is 12.0. The molecule has 3 nitrogen and oxygen atoms in total. The summed E-state index contributed by atoms with van der Waals surface area (Å²) in [6, 6.07) is 10.1. The van der Waals surface area contributed by atoms with Crippen LogP contribution in [0.3, 0.4) is 0 Å². The van der Waals surface area contributed by atoms with Gasteiger partial charge in [-0.15, -0.1) is 0 Å². The van der Waals surface area contributed by atoms with Gasteiger partial charge in [0.25, 0.3) is 5.91 Å². The number of hydrogen-bond donors (Lipinski definition) is 2. The minimum Gasteiger partial charge on any atom is -0.332 e. The molecule has 2 aromatic carbocycles. The van der Waals surface area contributed by atoms with Crippen molar-refractivity contribution in [3.8, 4) is 0 Å². The van der Waals surface area contributed by atoms with Crippen molar-refractivity contribution in [2.75, 3.05) is 11.9 Å². The van der Waals surface area contributed by atoms with Crippen LogP contribution in [-0.2, 0) is 4.79 Å². The van der Waals surface area contributed by atoms with Crippen LogP contribution in [0.4, 0.5) is 10.1 Å². The van der Waals surface area contributed by atoms with Crippen LogP contribution in [0.2, 0.25) is 10.0 Å². The summed E-state index contributed by atoms with van der Waals surface area (Å²) in [5, 5.41) is 5.03. The van der Waals surface area contributed by atoms with Gasteiger partial charge < -0.3 is 10.6 Å². The molecular formula is C17H18Cl2FN2O+. The highest BCUT2D eigenvalue weighted by Gasteiger charge is 2.17. The number of nitrogens with one attached hydrogen (secondary N) is 1. The van der Waals surface area contributed by atoms with E-state index in [0.29, 0.717) is 10.6 Å². The average Bonchev–Trinajstić information content (AvgIpc) is 2.51.